The van der Waals surface area contributed by atoms with Crippen LogP contribution in [0.25, 0.3) is 0 Å². The van der Waals surface area contributed by atoms with E-state index in [-0.39, 0.29) is 0 Å². The van der Waals surface area contributed by atoms with E-state index in [0.717, 1.165) is 11.4 Å². The molecular formula is C15H18ClN. The summed E-state index contributed by atoms with van der Waals surface area (Å²) in [6.07, 6.45) is 6.26. The number of benzene rings is 1. The van der Waals surface area contributed by atoms with Crippen molar-refractivity contribution in [1.29, 1.82) is 0 Å². The fourth-order valence-electron chi connectivity index (χ4n) is 1.48. The van der Waals surface area contributed by atoms with E-state index in [0.29, 0.717) is 5.92 Å². The second-order valence-corrected chi connectivity index (χ2v) is 4.58. The van der Waals surface area contributed by atoms with Crippen molar-refractivity contribution in [2.24, 2.45) is 10.9 Å². The number of hydrogen-bond acceptors (Lipinski definition) is 1. The van der Waals surface area contributed by atoms with Gasteiger partial charge in [0.1, 0.15) is 0 Å². The van der Waals surface area contributed by atoms with Crippen LogP contribution in [0.1, 0.15) is 19.4 Å². The number of aliphatic imine (C=N–C) groups is 1. The third-order valence-corrected chi connectivity index (χ3v) is 2.95. The Labute approximate surface area is 109 Å². The van der Waals surface area contributed by atoms with Crippen molar-refractivity contribution < 1.29 is 0 Å². The molecule has 90 valence electrons. The lowest BCUT2D eigenvalue weighted by atomic mass is 9.95. The Bertz CT molecular complexity index is 415. The zero-order valence-electron chi connectivity index (χ0n) is 10.4. The number of halogens is 1. The van der Waals surface area contributed by atoms with Crippen molar-refractivity contribution in [3.05, 3.63) is 59.3 Å². The quantitative estimate of drug-likeness (QED) is 0.670. The average molecular weight is 248 g/mol. The summed E-state index contributed by atoms with van der Waals surface area (Å²) in [5, 5.41) is 0.782. The molecule has 0 bridgehead atoms. The minimum atomic E-state index is 0.471. The number of allylic oxidation sites excluding steroid dienone is 2. The Morgan fingerprint density at radius 3 is 2.65 bits per heavy atom. The molecule has 0 aromatic heterocycles. The maximum Gasteiger partial charge on any atom is 0.0406 e. The number of nitrogens with zero attached hydrogens (tertiary/aromatic N) is 1. The lowest BCUT2D eigenvalue weighted by Gasteiger charge is -2.11. The summed E-state index contributed by atoms with van der Waals surface area (Å²) in [5.74, 6) is 0.471. The van der Waals surface area contributed by atoms with Crippen molar-refractivity contribution in [2.45, 2.75) is 20.3 Å². The zero-order valence-corrected chi connectivity index (χ0v) is 11.1. The average Bonchev–Trinajstić information content (AvgIpc) is 2.32. The van der Waals surface area contributed by atoms with E-state index in [9.17, 15) is 0 Å². The highest BCUT2D eigenvalue weighted by molar-refractivity contribution is 6.30. The molecule has 0 radical (unpaired) electrons. The Morgan fingerprint density at radius 2 is 2.06 bits per heavy atom. The molecule has 0 aliphatic carbocycles. The normalized spacial score (nSPS) is 13.9. The van der Waals surface area contributed by atoms with Gasteiger partial charge in [-0.3, -0.25) is 4.99 Å². The molecule has 0 fully saturated rings. The predicted molar refractivity (Wildman–Crippen MR) is 76.8 cm³/mol. The SMILES string of the molecule is C=CC=N/C=C(\C)C(C)Cc1ccc(Cl)cc1. The van der Waals surface area contributed by atoms with E-state index in [4.69, 9.17) is 11.6 Å². The van der Waals surface area contributed by atoms with Crippen molar-refractivity contribution >= 4 is 17.8 Å². The van der Waals surface area contributed by atoms with E-state index in [2.05, 4.69) is 37.6 Å². The van der Waals surface area contributed by atoms with Gasteiger partial charge < -0.3 is 0 Å². The molecule has 1 nitrogen and oxygen atoms in total. The van der Waals surface area contributed by atoms with Gasteiger partial charge in [-0.1, -0.05) is 48.9 Å². The van der Waals surface area contributed by atoms with Crippen LogP contribution in [0.15, 0.2) is 53.7 Å². The van der Waals surface area contributed by atoms with Gasteiger partial charge in [0.25, 0.3) is 0 Å². The highest BCUT2D eigenvalue weighted by atomic mass is 35.5. The smallest absolute Gasteiger partial charge is 0.0406 e. The van der Waals surface area contributed by atoms with Crippen LogP contribution < -0.4 is 0 Å². The summed E-state index contributed by atoms with van der Waals surface area (Å²) in [4.78, 5) is 4.14. The molecule has 0 aliphatic heterocycles. The van der Waals surface area contributed by atoms with Crippen LogP contribution in [-0.2, 0) is 6.42 Å². The minimum Gasteiger partial charge on any atom is -0.265 e. The van der Waals surface area contributed by atoms with Gasteiger partial charge in [0, 0.05) is 17.4 Å². The molecule has 0 aliphatic rings. The largest absolute Gasteiger partial charge is 0.265 e. The maximum atomic E-state index is 5.86. The van der Waals surface area contributed by atoms with E-state index >= 15 is 0 Å². The van der Waals surface area contributed by atoms with Crippen LogP contribution in [-0.4, -0.2) is 6.21 Å². The highest BCUT2D eigenvalue weighted by Gasteiger charge is 2.05. The van der Waals surface area contributed by atoms with E-state index in [1.54, 1.807) is 12.3 Å². The van der Waals surface area contributed by atoms with Crippen LogP contribution in [0.4, 0.5) is 0 Å². The molecule has 0 heterocycles. The molecule has 0 amide bonds. The number of hydrogen-bond donors (Lipinski definition) is 0. The maximum absolute atomic E-state index is 5.86. The Hall–Kier alpha value is -1.34. The van der Waals surface area contributed by atoms with E-state index in [1.165, 1.54) is 11.1 Å². The summed E-state index contributed by atoms with van der Waals surface area (Å²) in [5.41, 5.74) is 2.56. The Morgan fingerprint density at radius 1 is 1.41 bits per heavy atom. The van der Waals surface area contributed by atoms with Gasteiger partial charge in [-0.2, -0.15) is 0 Å². The first-order valence-electron chi connectivity index (χ1n) is 5.68. The van der Waals surface area contributed by atoms with Crippen molar-refractivity contribution in [3.63, 3.8) is 0 Å². The predicted octanol–water partition coefficient (Wildman–Crippen LogP) is 4.68. The van der Waals surface area contributed by atoms with Crippen LogP contribution in [0.2, 0.25) is 5.02 Å². The van der Waals surface area contributed by atoms with Crippen LogP contribution in [0, 0.1) is 5.92 Å². The van der Waals surface area contributed by atoms with Crippen molar-refractivity contribution in [3.8, 4) is 0 Å². The molecule has 1 aromatic carbocycles. The molecule has 1 unspecified atom stereocenters. The summed E-state index contributed by atoms with van der Waals surface area (Å²) in [6.45, 7) is 7.88. The molecule has 1 aromatic rings. The molecule has 1 rings (SSSR count). The zero-order chi connectivity index (χ0) is 12.7. The molecule has 2 heteroatoms. The van der Waals surface area contributed by atoms with E-state index < -0.39 is 0 Å². The first kappa shape index (κ1) is 13.7. The monoisotopic (exact) mass is 247 g/mol. The first-order valence-corrected chi connectivity index (χ1v) is 6.06. The first-order chi connectivity index (χ1) is 8.13. The molecule has 0 saturated carbocycles. The molecule has 0 spiro atoms. The Balaban J connectivity index is 2.62. The van der Waals surface area contributed by atoms with E-state index in [1.807, 2.05) is 18.3 Å². The third-order valence-electron chi connectivity index (χ3n) is 2.70. The van der Waals surface area contributed by atoms with Crippen LogP contribution in [0.5, 0.6) is 0 Å². The molecule has 0 saturated heterocycles. The van der Waals surface area contributed by atoms with Gasteiger partial charge >= 0.3 is 0 Å². The molecule has 0 N–H and O–H groups in total. The van der Waals surface area contributed by atoms with Gasteiger partial charge in [0.2, 0.25) is 0 Å². The summed E-state index contributed by atoms with van der Waals surface area (Å²) < 4.78 is 0. The summed E-state index contributed by atoms with van der Waals surface area (Å²) in [7, 11) is 0. The standard InChI is InChI=1S/C15H18ClN/c1-4-9-17-11-13(3)12(2)10-14-5-7-15(16)8-6-14/h4-9,11-12H,1,10H2,2-3H3/b13-11+,17-9?. The molecule has 17 heavy (non-hydrogen) atoms. The second kappa shape index (κ2) is 7.08. The van der Waals surface area contributed by atoms with Crippen molar-refractivity contribution in [2.75, 3.05) is 0 Å². The second-order valence-electron chi connectivity index (χ2n) is 4.14. The molecule has 1 atom stereocenters. The van der Waals surface area contributed by atoms with Crippen molar-refractivity contribution in [1.82, 2.24) is 0 Å². The van der Waals surface area contributed by atoms with Gasteiger partial charge in [-0.15, -0.1) is 0 Å². The van der Waals surface area contributed by atoms with Crippen LogP contribution >= 0.6 is 11.6 Å². The summed E-state index contributed by atoms with van der Waals surface area (Å²) >= 11 is 5.86. The topological polar surface area (TPSA) is 12.4 Å². The highest BCUT2D eigenvalue weighted by Crippen LogP contribution is 2.18. The lowest BCUT2D eigenvalue weighted by molar-refractivity contribution is 0.675. The third kappa shape index (κ3) is 5.01. The van der Waals surface area contributed by atoms with Crippen LogP contribution in [0.3, 0.4) is 0 Å². The Kier molecular flexibility index (Phi) is 5.71. The summed E-state index contributed by atoms with van der Waals surface area (Å²) in [6, 6.07) is 8.00. The van der Waals surface area contributed by atoms with Gasteiger partial charge in [0.15, 0.2) is 0 Å². The lowest BCUT2D eigenvalue weighted by Crippen LogP contribution is -2.01. The number of rotatable bonds is 5. The fraction of sp³-hybridized carbons (Fsp3) is 0.267. The van der Waals surface area contributed by atoms with Gasteiger partial charge in [-0.25, -0.2) is 0 Å². The fourth-order valence-corrected chi connectivity index (χ4v) is 1.61. The van der Waals surface area contributed by atoms with Gasteiger partial charge in [0.05, 0.1) is 0 Å². The minimum absolute atomic E-state index is 0.471. The van der Waals surface area contributed by atoms with Gasteiger partial charge in [-0.05, 0) is 37.0 Å². The molecular weight excluding hydrogens is 230 g/mol.